The number of nitrogens with zero attached hydrogens (tertiary/aromatic N) is 5. The summed E-state index contributed by atoms with van der Waals surface area (Å²) in [6.45, 7) is 1.97. The fraction of sp³-hybridized carbons (Fsp3) is 0.409. The molecule has 1 aromatic carbocycles. The van der Waals surface area contributed by atoms with Gasteiger partial charge in [0.2, 0.25) is 0 Å². The van der Waals surface area contributed by atoms with Crippen LogP contribution in [0.1, 0.15) is 53.5 Å². The van der Waals surface area contributed by atoms with Crippen molar-refractivity contribution in [1.82, 2.24) is 24.5 Å². The Bertz CT molecular complexity index is 1010. The van der Waals surface area contributed by atoms with Gasteiger partial charge in [-0.2, -0.15) is 10.2 Å². The SMILES string of the molecule is O=C(c1cccc(-n2cccn2)c1)N1CCCn2nc([C@H](O)C3CCC3)cc2C1. The van der Waals surface area contributed by atoms with Crippen LogP contribution in [0.25, 0.3) is 5.69 Å². The highest BCUT2D eigenvalue weighted by molar-refractivity contribution is 5.94. The van der Waals surface area contributed by atoms with Crippen LogP contribution in [-0.2, 0) is 13.1 Å². The largest absolute Gasteiger partial charge is 0.386 e. The topological polar surface area (TPSA) is 76.2 Å². The molecular formula is C22H25N5O2. The molecule has 7 heteroatoms. The first-order valence-electron chi connectivity index (χ1n) is 10.3. The van der Waals surface area contributed by atoms with Gasteiger partial charge in [-0.1, -0.05) is 12.5 Å². The second kappa shape index (κ2) is 7.48. The number of aliphatic hydroxyl groups is 1. The van der Waals surface area contributed by atoms with E-state index in [4.69, 9.17) is 0 Å². The van der Waals surface area contributed by atoms with Gasteiger partial charge in [-0.25, -0.2) is 4.68 Å². The fourth-order valence-electron chi connectivity index (χ4n) is 4.19. The van der Waals surface area contributed by atoms with Crippen LogP contribution < -0.4 is 0 Å². The summed E-state index contributed by atoms with van der Waals surface area (Å²) in [5, 5.41) is 19.5. The van der Waals surface area contributed by atoms with E-state index in [1.807, 2.05) is 52.2 Å². The Morgan fingerprint density at radius 1 is 1.14 bits per heavy atom. The number of rotatable bonds is 4. The zero-order valence-electron chi connectivity index (χ0n) is 16.3. The molecule has 5 rings (SSSR count). The Kier molecular flexibility index (Phi) is 4.67. The molecular weight excluding hydrogens is 366 g/mol. The molecule has 7 nitrogen and oxygen atoms in total. The number of amides is 1. The molecule has 0 saturated heterocycles. The van der Waals surface area contributed by atoms with Crippen molar-refractivity contribution >= 4 is 5.91 Å². The van der Waals surface area contributed by atoms with E-state index >= 15 is 0 Å². The van der Waals surface area contributed by atoms with E-state index in [1.54, 1.807) is 10.9 Å². The van der Waals surface area contributed by atoms with Gasteiger partial charge in [0.05, 0.1) is 23.6 Å². The summed E-state index contributed by atoms with van der Waals surface area (Å²) in [6.07, 6.45) is 7.27. The first-order chi connectivity index (χ1) is 14.2. The van der Waals surface area contributed by atoms with E-state index in [2.05, 4.69) is 10.2 Å². The van der Waals surface area contributed by atoms with Crippen LogP contribution in [0.15, 0.2) is 48.8 Å². The quantitative estimate of drug-likeness (QED) is 0.742. The van der Waals surface area contributed by atoms with Gasteiger partial charge in [0.15, 0.2) is 0 Å². The molecule has 29 heavy (non-hydrogen) atoms. The fourth-order valence-corrected chi connectivity index (χ4v) is 4.19. The lowest BCUT2D eigenvalue weighted by atomic mass is 9.80. The Labute approximate surface area is 169 Å². The molecule has 1 fully saturated rings. The summed E-state index contributed by atoms with van der Waals surface area (Å²) in [6, 6.07) is 11.4. The smallest absolute Gasteiger partial charge is 0.254 e. The minimum absolute atomic E-state index is 0.00903. The molecule has 2 aliphatic rings. The average Bonchev–Trinajstić information content (AvgIpc) is 3.33. The molecule has 1 N–H and O–H groups in total. The van der Waals surface area contributed by atoms with Crippen LogP contribution in [0, 0.1) is 5.92 Å². The van der Waals surface area contributed by atoms with Gasteiger partial charge >= 0.3 is 0 Å². The van der Waals surface area contributed by atoms with E-state index in [-0.39, 0.29) is 5.91 Å². The van der Waals surface area contributed by atoms with Crippen molar-refractivity contribution in [3.63, 3.8) is 0 Å². The summed E-state index contributed by atoms with van der Waals surface area (Å²) in [4.78, 5) is 15.1. The van der Waals surface area contributed by atoms with Crippen LogP contribution in [0.5, 0.6) is 0 Å². The van der Waals surface area contributed by atoms with Crippen LogP contribution in [0.2, 0.25) is 0 Å². The lowest BCUT2D eigenvalue weighted by Crippen LogP contribution is -2.30. The van der Waals surface area contributed by atoms with Crippen molar-refractivity contribution in [2.45, 2.75) is 44.9 Å². The zero-order valence-corrected chi connectivity index (χ0v) is 16.3. The number of aryl methyl sites for hydroxylation is 1. The van der Waals surface area contributed by atoms with Crippen molar-refractivity contribution in [3.05, 3.63) is 65.7 Å². The summed E-state index contributed by atoms with van der Waals surface area (Å²) in [5.74, 6) is 0.339. The average molecular weight is 391 g/mol. The van der Waals surface area contributed by atoms with Gasteiger partial charge in [-0.05, 0) is 55.5 Å². The summed E-state index contributed by atoms with van der Waals surface area (Å²) < 4.78 is 3.72. The molecule has 1 amide bonds. The number of hydrogen-bond acceptors (Lipinski definition) is 4. The summed E-state index contributed by atoms with van der Waals surface area (Å²) in [7, 11) is 0. The first kappa shape index (κ1) is 18.1. The number of aromatic nitrogens is 4. The van der Waals surface area contributed by atoms with Crippen molar-refractivity contribution < 1.29 is 9.90 Å². The number of hydrogen-bond donors (Lipinski definition) is 1. The Morgan fingerprint density at radius 3 is 2.79 bits per heavy atom. The van der Waals surface area contributed by atoms with Crippen molar-refractivity contribution in [3.8, 4) is 5.69 Å². The van der Waals surface area contributed by atoms with Crippen LogP contribution in [0.4, 0.5) is 0 Å². The van der Waals surface area contributed by atoms with Crippen LogP contribution >= 0.6 is 0 Å². The second-order valence-corrected chi connectivity index (χ2v) is 8.00. The minimum atomic E-state index is -0.488. The monoisotopic (exact) mass is 391 g/mol. The van der Waals surface area contributed by atoms with Crippen LogP contribution in [-0.4, -0.2) is 42.0 Å². The molecule has 3 heterocycles. The molecule has 1 atom stereocenters. The van der Waals surface area contributed by atoms with E-state index in [0.29, 0.717) is 24.6 Å². The molecule has 0 spiro atoms. The summed E-state index contributed by atoms with van der Waals surface area (Å²) in [5.41, 5.74) is 3.26. The molecule has 0 bridgehead atoms. The summed E-state index contributed by atoms with van der Waals surface area (Å²) >= 11 is 0. The maximum absolute atomic E-state index is 13.2. The van der Waals surface area contributed by atoms with Crippen molar-refractivity contribution in [1.29, 1.82) is 0 Å². The highest BCUT2D eigenvalue weighted by atomic mass is 16.3. The van der Waals surface area contributed by atoms with Gasteiger partial charge in [0.1, 0.15) is 6.10 Å². The minimum Gasteiger partial charge on any atom is -0.386 e. The maximum atomic E-state index is 13.2. The van der Waals surface area contributed by atoms with Gasteiger partial charge in [0, 0.05) is 31.0 Å². The standard InChI is InChI=1S/C22H25N5O2/c28-21(16-5-1-6-16)20-14-19-15-25(10-4-12-27(19)24-20)22(29)17-7-2-8-18(13-17)26-11-3-9-23-26/h2-3,7-9,11,13-14,16,21,28H,1,4-6,10,12,15H2/t21-/m1/s1. The number of benzene rings is 1. The Hall–Kier alpha value is -2.93. The number of fused-ring (bicyclic) bond motifs is 1. The highest BCUT2D eigenvalue weighted by Gasteiger charge is 2.30. The third-order valence-corrected chi connectivity index (χ3v) is 6.08. The highest BCUT2D eigenvalue weighted by Crippen LogP contribution is 2.37. The van der Waals surface area contributed by atoms with Gasteiger partial charge < -0.3 is 10.0 Å². The lowest BCUT2D eigenvalue weighted by Gasteiger charge is -2.29. The third-order valence-electron chi connectivity index (χ3n) is 6.08. The molecule has 1 saturated carbocycles. The lowest BCUT2D eigenvalue weighted by molar-refractivity contribution is 0.0580. The molecule has 3 aromatic rings. The molecule has 0 unspecified atom stereocenters. The van der Waals surface area contributed by atoms with Crippen LogP contribution in [0.3, 0.4) is 0 Å². The van der Waals surface area contributed by atoms with E-state index in [1.165, 1.54) is 6.42 Å². The normalized spacial score (nSPS) is 18.0. The second-order valence-electron chi connectivity index (χ2n) is 8.00. The Balaban J connectivity index is 1.36. The number of aliphatic hydroxyl groups excluding tert-OH is 1. The predicted molar refractivity (Wildman–Crippen MR) is 107 cm³/mol. The first-order valence-corrected chi connectivity index (χ1v) is 10.3. The maximum Gasteiger partial charge on any atom is 0.254 e. The van der Waals surface area contributed by atoms with E-state index in [9.17, 15) is 9.90 Å². The van der Waals surface area contributed by atoms with Gasteiger partial charge in [0.25, 0.3) is 5.91 Å². The molecule has 2 aromatic heterocycles. The molecule has 1 aliphatic carbocycles. The van der Waals surface area contributed by atoms with Crippen molar-refractivity contribution in [2.24, 2.45) is 5.92 Å². The van der Waals surface area contributed by atoms with Gasteiger partial charge in [-0.15, -0.1) is 0 Å². The van der Waals surface area contributed by atoms with E-state index < -0.39 is 6.10 Å². The molecule has 0 radical (unpaired) electrons. The van der Waals surface area contributed by atoms with Gasteiger partial charge in [-0.3, -0.25) is 9.48 Å². The zero-order chi connectivity index (χ0) is 19.8. The number of carbonyl (C=O) groups excluding carboxylic acids is 1. The predicted octanol–water partition coefficient (Wildman–Crippen LogP) is 2.95. The molecule has 1 aliphatic heterocycles. The van der Waals surface area contributed by atoms with Crippen molar-refractivity contribution in [2.75, 3.05) is 6.54 Å². The van der Waals surface area contributed by atoms with E-state index in [0.717, 1.165) is 42.9 Å². The molecule has 150 valence electrons. The Morgan fingerprint density at radius 2 is 2.03 bits per heavy atom. The number of carbonyl (C=O) groups is 1. The third kappa shape index (κ3) is 3.46.